The van der Waals surface area contributed by atoms with Crippen molar-refractivity contribution in [3.05, 3.63) is 34.4 Å². The zero-order valence-electron chi connectivity index (χ0n) is 9.93. The fourth-order valence-corrected chi connectivity index (χ4v) is 3.37. The summed E-state index contributed by atoms with van der Waals surface area (Å²) in [4.78, 5) is 9.98. The topological polar surface area (TPSA) is 107 Å². The molecule has 1 heterocycles. The van der Waals surface area contributed by atoms with Crippen LogP contribution in [-0.2, 0) is 10.0 Å². The molecule has 0 unspecified atom stereocenters. The first-order valence-electron chi connectivity index (χ1n) is 5.41. The van der Waals surface area contributed by atoms with Crippen LogP contribution in [0, 0.1) is 10.1 Å². The van der Waals surface area contributed by atoms with E-state index >= 15 is 0 Å². The number of rotatable bonds is 3. The highest BCUT2D eigenvalue weighted by Crippen LogP contribution is 2.22. The van der Waals surface area contributed by atoms with Crippen molar-refractivity contribution >= 4 is 28.1 Å². The summed E-state index contributed by atoms with van der Waals surface area (Å²) in [6.07, 6.45) is 0.631. The van der Waals surface area contributed by atoms with Crippen LogP contribution in [-0.4, -0.2) is 36.8 Å². The van der Waals surface area contributed by atoms with Crippen LogP contribution in [0.2, 0.25) is 0 Å². The molecule has 9 heteroatoms. The standard InChI is InChI=1S/C10H13N3O4S.ClH/c11-8-5-6-12(7-8)18(16,17)10-3-1-9(2-4-10)13(14)15;/h1-4,8H,5-7,11H2;1H/t8-;/m0./s1. The van der Waals surface area contributed by atoms with Crippen LogP contribution < -0.4 is 5.73 Å². The maximum absolute atomic E-state index is 12.2. The number of sulfonamides is 1. The third kappa shape index (κ3) is 3.21. The first kappa shape index (κ1) is 15.8. The number of nitrogens with zero attached hydrogens (tertiary/aromatic N) is 2. The normalized spacial score (nSPS) is 19.9. The Bertz CT molecular complexity index is 561. The Kier molecular flexibility index (Phi) is 4.86. The van der Waals surface area contributed by atoms with Crippen molar-refractivity contribution in [2.45, 2.75) is 17.4 Å². The largest absolute Gasteiger partial charge is 0.326 e. The maximum Gasteiger partial charge on any atom is 0.269 e. The molecule has 0 saturated carbocycles. The van der Waals surface area contributed by atoms with Crippen LogP contribution >= 0.6 is 12.4 Å². The summed E-state index contributed by atoms with van der Waals surface area (Å²) in [6.45, 7) is 0.680. The zero-order chi connectivity index (χ0) is 13.3. The van der Waals surface area contributed by atoms with E-state index in [0.717, 1.165) is 0 Å². The lowest BCUT2D eigenvalue weighted by Gasteiger charge is -2.15. The van der Waals surface area contributed by atoms with Gasteiger partial charge >= 0.3 is 0 Å². The van der Waals surface area contributed by atoms with Gasteiger partial charge in [-0.3, -0.25) is 10.1 Å². The molecular weight excluding hydrogens is 294 g/mol. The maximum atomic E-state index is 12.2. The third-order valence-corrected chi connectivity index (χ3v) is 4.75. The van der Waals surface area contributed by atoms with E-state index in [-0.39, 0.29) is 29.0 Å². The van der Waals surface area contributed by atoms with Gasteiger partial charge in [-0.25, -0.2) is 8.42 Å². The average Bonchev–Trinajstić information content (AvgIpc) is 2.76. The predicted octanol–water partition coefficient (Wildman–Crippen LogP) is 0.738. The minimum Gasteiger partial charge on any atom is -0.326 e. The molecule has 1 aliphatic rings. The molecule has 1 saturated heterocycles. The number of halogens is 1. The van der Waals surface area contributed by atoms with Crippen molar-refractivity contribution in [2.24, 2.45) is 5.73 Å². The fraction of sp³-hybridized carbons (Fsp3) is 0.400. The summed E-state index contributed by atoms with van der Waals surface area (Å²) in [5.74, 6) is 0. The Labute approximate surface area is 117 Å². The Balaban J connectivity index is 0.00000180. The molecule has 7 nitrogen and oxygen atoms in total. The molecule has 1 aromatic rings. The quantitative estimate of drug-likeness (QED) is 0.654. The van der Waals surface area contributed by atoms with Gasteiger partial charge in [0.25, 0.3) is 5.69 Å². The van der Waals surface area contributed by atoms with Crippen molar-refractivity contribution in [3.8, 4) is 0 Å². The zero-order valence-corrected chi connectivity index (χ0v) is 11.6. The van der Waals surface area contributed by atoms with Crippen LogP contribution in [0.5, 0.6) is 0 Å². The molecule has 0 amide bonds. The van der Waals surface area contributed by atoms with Gasteiger partial charge in [0.2, 0.25) is 10.0 Å². The van der Waals surface area contributed by atoms with Gasteiger partial charge in [0.1, 0.15) is 0 Å². The molecule has 1 aliphatic heterocycles. The second kappa shape index (κ2) is 5.83. The number of benzene rings is 1. The SMILES string of the molecule is Cl.N[C@H]1CCN(S(=O)(=O)c2ccc([N+](=O)[O-])cc2)C1. The minimum atomic E-state index is -3.58. The summed E-state index contributed by atoms with van der Waals surface area (Å²) < 4.78 is 25.6. The monoisotopic (exact) mass is 307 g/mol. The van der Waals surface area contributed by atoms with Crippen LogP contribution in [0.4, 0.5) is 5.69 Å². The lowest BCUT2D eigenvalue weighted by molar-refractivity contribution is -0.384. The predicted molar refractivity (Wildman–Crippen MR) is 71.7 cm³/mol. The van der Waals surface area contributed by atoms with Crippen LogP contribution in [0.25, 0.3) is 0 Å². The van der Waals surface area contributed by atoms with E-state index in [1.54, 1.807) is 0 Å². The summed E-state index contributed by atoms with van der Waals surface area (Å²) in [5.41, 5.74) is 5.54. The van der Waals surface area contributed by atoms with Gasteiger partial charge in [-0.05, 0) is 18.6 Å². The molecule has 2 N–H and O–H groups in total. The number of non-ortho nitro benzene ring substituents is 1. The van der Waals surface area contributed by atoms with Crippen LogP contribution in [0.15, 0.2) is 29.2 Å². The van der Waals surface area contributed by atoms with E-state index in [1.165, 1.54) is 28.6 Å². The second-order valence-electron chi connectivity index (χ2n) is 4.16. The second-order valence-corrected chi connectivity index (χ2v) is 6.10. The summed E-state index contributed by atoms with van der Waals surface area (Å²) in [6, 6.07) is 4.72. The molecule has 0 radical (unpaired) electrons. The van der Waals surface area contributed by atoms with E-state index in [0.29, 0.717) is 19.5 Å². The van der Waals surface area contributed by atoms with E-state index in [4.69, 9.17) is 5.73 Å². The fourth-order valence-electron chi connectivity index (χ4n) is 1.86. The first-order chi connectivity index (χ1) is 8.41. The Morgan fingerprint density at radius 2 is 1.89 bits per heavy atom. The van der Waals surface area contributed by atoms with Crippen molar-refractivity contribution in [2.75, 3.05) is 13.1 Å². The Morgan fingerprint density at radius 3 is 2.32 bits per heavy atom. The molecule has 0 aromatic heterocycles. The molecule has 106 valence electrons. The Morgan fingerprint density at radius 1 is 1.32 bits per heavy atom. The van der Waals surface area contributed by atoms with E-state index < -0.39 is 14.9 Å². The molecule has 2 rings (SSSR count). The van der Waals surface area contributed by atoms with E-state index in [1.807, 2.05) is 0 Å². The van der Waals surface area contributed by atoms with Crippen LogP contribution in [0.3, 0.4) is 0 Å². The average molecular weight is 308 g/mol. The van der Waals surface area contributed by atoms with E-state index in [2.05, 4.69) is 0 Å². The molecule has 0 spiro atoms. The molecule has 1 aromatic carbocycles. The lowest BCUT2D eigenvalue weighted by atomic mass is 10.3. The highest BCUT2D eigenvalue weighted by atomic mass is 35.5. The van der Waals surface area contributed by atoms with Crippen LogP contribution in [0.1, 0.15) is 6.42 Å². The molecule has 0 bridgehead atoms. The van der Waals surface area contributed by atoms with E-state index in [9.17, 15) is 18.5 Å². The summed E-state index contributed by atoms with van der Waals surface area (Å²) in [5, 5.41) is 10.5. The van der Waals surface area contributed by atoms with Gasteiger partial charge in [-0.1, -0.05) is 0 Å². The van der Waals surface area contributed by atoms with Gasteiger partial charge < -0.3 is 5.73 Å². The highest BCUT2D eigenvalue weighted by molar-refractivity contribution is 7.89. The smallest absolute Gasteiger partial charge is 0.269 e. The van der Waals surface area contributed by atoms with Gasteiger partial charge in [-0.15, -0.1) is 12.4 Å². The molecule has 0 aliphatic carbocycles. The number of nitro groups is 1. The van der Waals surface area contributed by atoms with Crippen molar-refractivity contribution in [3.63, 3.8) is 0 Å². The van der Waals surface area contributed by atoms with Gasteiger partial charge in [0, 0.05) is 31.3 Å². The van der Waals surface area contributed by atoms with Crippen molar-refractivity contribution < 1.29 is 13.3 Å². The molecular formula is C10H14ClN3O4S. The number of hydrogen-bond donors (Lipinski definition) is 1. The number of hydrogen-bond acceptors (Lipinski definition) is 5. The summed E-state index contributed by atoms with van der Waals surface area (Å²) in [7, 11) is -3.58. The Hall–Kier alpha value is -1.22. The van der Waals surface area contributed by atoms with Gasteiger partial charge in [0.15, 0.2) is 0 Å². The highest BCUT2D eigenvalue weighted by Gasteiger charge is 2.31. The van der Waals surface area contributed by atoms with Crippen molar-refractivity contribution in [1.29, 1.82) is 0 Å². The molecule has 1 atom stereocenters. The van der Waals surface area contributed by atoms with Crippen molar-refractivity contribution in [1.82, 2.24) is 4.31 Å². The number of nitro benzene ring substituents is 1. The molecule has 19 heavy (non-hydrogen) atoms. The molecule has 1 fully saturated rings. The van der Waals surface area contributed by atoms with Gasteiger partial charge in [0.05, 0.1) is 9.82 Å². The first-order valence-corrected chi connectivity index (χ1v) is 6.85. The third-order valence-electron chi connectivity index (χ3n) is 2.87. The minimum absolute atomic E-state index is 0. The summed E-state index contributed by atoms with van der Waals surface area (Å²) >= 11 is 0. The lowest BCUT2D eigenvalue weighted by Crippen LogP contribution is -2.31. The number of nitrogens with two attached hydrogens (primary N) is 1. The van der Waals surface area contributed by atoms with Gasteiger partial charge in [-0.2, -0.15) is 4.31 Å².